The second-order valence-corrected chi connectivity index (χ2v) is 3.97. The second-order valence-electron chi connectivity index (χ2n) is 3.97. The number of carbonyl (C=O) groups is 1. The Labute approximate surface area is 106 Å². The van der Waals surface area contributed by atoms with E-state index in [0.29, 0.717) is 21.5 Å². The van der Waals surface area contributed by atoms with Gasteiger partial charge in [-0.2, -0.15) is 4.68 Å². The number of aromatic amines is 1. The predicted molar refractivity (Wildman–Crippen MR) is 68.2 cm³/mol. The quantitative estimate of drug-likeness (QED) is 0.646. The molecule has 4 N–H and O–H groups in total. The summed E-state index contributed by atoms with van der Waals surface area (Å²) in [4.78, 5) is 35.9. The summed E-state index contributed by atoms with van der Waals surface area (Å²) >= 11 is 0. The molecule has 0 aliphatic heterocycles. The summed E-state index contributed by atoms with van der Waals surface area (Å²) in [6.07, 6.45) is -0.133. The lowest BCUT2D eigenvalue weighted by Crippen LogP contribution is -2.40. The molecule has 0 saturated heterocycles. The number of benzene rings is 1. The number of aliphatic carboxylic acids is 1. The van der Waals surface area contributed by atoms with Crippen molar-refractivity contribution in [2.45, 2.75) is 6.42 Å². The molecule has 0 radical (unpaired) electrons. The Kier molecular flexibility index (Phi) is 3.19. The molecule has 2 aromatic rings. The molecule has 1 aromatic heterocycles. The van der Waals surface area contributed by atoms with Gasteiger partial charge >= 0.3 is 11.7 Å². The van der Waals surface area contributed by atoms with Crippen LogP contribution in [-0.2, 0) is 11.2 Å². The number of aromatic nitrogens is 2. The van der Waals surface area contributed by atoms with Crippen LogP contribution >= 0.6 is 0 Å². The lowest BCUT2D eigenvalue weighted by atomic mass is 10.1. The summed E-state index contributed by atoms with van der Waals surface area (Å²) in [5.41, 5.74) is 0.0498. The van der Waals surface area contributed by atoms with E-state index in [1.807, 2.05) is 0 Å². The third-order valence-electron chi connectivity index (χ3n) is 2.56. The number of H-pyrrole nitrogens is 1. The lowest BCUT2D eigenvalue weighted by molar-refractivity contribution is -0.136. The van der Waals surface area contributed by atoms with Crippen LogP contribution in [0.15, 0.2) is 39.9 Å². The van der Waals surface area contributed by atoms with E-state index in [4.69, 9.17) is 10.9 Å². The van der Waals surface area contributed by atoms with Gasteiger partial charge in [0.2, 0.25) is 0 Å². The van der Waals surface area contributed by atoms with E-state index in [9.17, 15) is 14.4 Å². The van der Waals surface area contributed by atoms with Gasteiger partial charge in [-0.15, -0.1) is 0 Å². The Hall–Kier alpha value is -2.83. The molecule has 0 fully saturated rings. The molecule has 0 unspecified atom stereocenters. The molecule has 7 nitrogen and oxygen atoms in total. The van der Waals surface area contributed by atoms with Crippen molar-refractivity contribution in [3.8, 4) is 11.3 Å². The van der Waals surface area contributed by atoms with Gasteiger partial charge in [-0.3, -0.25) is 9.59 Å². The third-order valence-corrected chi connectivity index (χ3v) is 2.56. The van der Waals surface area contributed by atoms with Crippen molar-refractivity contribution in [2.75, 3.05) is 5.84 Å². The van der Waals surface area contributed by atoms with Crippen molar-refractivity contribution in [3.05, 3.63) is 56.7 Å². The van der Waals surface area contributed by atoms with Crippen molar-refractivity contribution >= 4 is 5.97 Å². The van der Waals surface area contributed by atoms with Crippen LogP contribution in [0.2, 0.25) is 0 Å². The normalized spacial score (nSPS) is 10.3. The van der Waals surface area contributed by atoms with E-state index in [-0.39, 0.29) is 6.42 Å². The average Bonchev–Trinajstić information content (AvgIpc) is 2.35. The lowest BCUT2D eigenvalue weighted by Gasteiger charge is -2.04. The standard InChI is InChI=1S/C12H11N3O4/c13-15-10(16)6-9(14-12(15)19)8-3-1-2-7(4-8)5-11(17)18/h1-4,6H,5,13H2,(H,14,19)(H,17,18). The first-order chi connectivity index (χ1) is 8.97. The van der Waals surface area contributed by atoms with Crippen LogP contribution in [0.1, 0.15) is 5.56 Å². The summed E-state index contributed by atoms with van der Waals surface area (Å²) in [5, 5.41) is 8.73. The molecule has 1 aromatic carbocycles. The van der Waals surface area contributed by atoms with Crippen LogP contribution in [0.4, 0.5) is 0 Å². The van der Waals surface area contributed by atoms with E-state index in [0.717, 1.165) is 0 Å². The van der Waals surface area contributed by atoms with Gasteiger partial charge in [-0.25, -0.2) is 4.79 Å². The largest absolute Gasteiger partial charge is 0.481 e. The number of nitrogens with one attached hydrogen (secondary N) is 1. The van der Waals surface area contributed by atoms with Gasteiger partial charge in [0, 0.05) is 6.07 Å². The fourth-order valence-electron chi connectivity index (χ4n) is 1.68. The van der Waals surface area contributed by atoms with E-state index < -0.39 is 17.2 Å². The fourth-order valence-corrected chi connectivity index (χ4v) is 1.68. The van der Waals surface area contributed by atoms with Crippen molar-refractivity contribution in [1.29, 1.82) is 0 Å². The number of carboxylic acids is 1. The number of nitrogens with two attached hydrogens (primary N) is 1. The number of hydrogen-bond acceptors (Lipinski definition) is 4. The van der Waals surface area contributed by atoms with Crippen molar-refractivity contribution < 1.29 is 9.90 Å². The summed E-state index contributed by atoms with van der Waals surface area (Å²) in [6, 6.07) is 7.75. The highest BCUT2D eigenvalue weighted by Gasteiger charge is 2.06. The van der Waals surface area contributed by atoms with E-state index >= 15 is 0 Å². The Morgan fingerprint density at radius 2 is 2.05 bits per heavy atom. The van der Waals surface area contributed by atoms with Crippen molar-refractivity contribution in [1.82, 2.24) is 9.66 Å². The SMILES string of the molecule is Nn1c(=O)cc(-c2cccc(CC(=O)O)c2)[nH]c1=O. The van der Waals surface area contributed by atoms with Crippen molar-refractivity contribution in [2.24, 2.45) is 0 Å². The molecule has 1 heterocycles. The molecule has 2 rings (SSSR count). The number of carboxylic acid groups (broad SMARTS) is 1. The molecule has 0 aliphatic rings. The number of rotatable bonds is 3. The number of hydrogen-bond donors (Lipinski definition) is 3. The smallest absolute Gasteiger partial charge is 0.347 e. The highest BCUT2D eigenvalue weighted by atomic mass is 16.4. The maximum absolute atomic E-state index is 11.4. The molecule has 0 bridgehead atoms. The maximum atomic E-state index is 11.4. The van der Waals surface area contributed by atoms with Crippen LogP contribution in [-0.4, -0.2) is 20.7 Å². The predicted octanol–water partition coefficient (Wildman–Crippen LogP) is -0.456. The van der Waals surface area contributed by atoms with E-state index in [1.165, 1.54) is 6.07 Å². The molecule has 0 atom stereocenters. The molecule has 0 aliphatic carbocycles. The summed E-state index contributed by atoms with van der Waals surface area (Å²) in [6.45, 7) is 0. The zero-order chi connectivity index (χ0) is 14.0. The van der Waals surface area contributed by atoms with Gasteiger partial charge < -0.3 is 15.9 Å². The van der Waals surface area contributed by atoms with E-state index in [2.05, 4.69) is 4.98 Å². The Bertz CT molecular complexity index is 714. The molecule has 0 spiro atoms. The zero-order valence-electron chi connectivity index (χ0n) is 9.79. The van der Waals surface area contributed by atoms with Gasteiger partial charge in [0.25, 0.3) is 5.56 Å². The highest BCUT2D eigenvalue weighted by molar-refractivity contribution is 5.71. The van der Waals surface area contributed by atoms with Crippen LogP contribution in [0, 0.1) is 0 Å². The molecule has 7 heteroatoms. The van der Waals surface area contributed by atoms with Gasteiger partial charge in [0.15, 0.2) is 0 Å². The minimum atomic E-state index is -0.956. The minimum Gasteiger partial charge on any atom is -0.481 e. The Morgan fingerprint density at radius 3 is 2.68 bits per heavy atom. The second kappa shape index (κ2) is 4.81. The molecule has 0 amide bonds. The van der Waals surface area contributed by atoms with Crippen molar-refractivity contribution in [3.63, 3.8) is 0 Å². The van der Waals surface area contributed by atoms with Crippen LogP contribution in [0.25, 0.3) is 11.3 Å². The van der Waals surface area contributed by atoms with Crippen LogP contribution < -0.4 is 17.1 Å². The Balaban J connectivity index is 2.50. The molecule has 98 valence electrons. The maximum Gasteiger partial charge on any atom is 0.347 e. The molecular weight excluding hydrogens is 250 g/mol. The average molecular weight is 261 g/mol. The van der Waals surface area contributed by atoms with E-state index in [1.54, 1.807) is 24.3 Å². The van der Waals surface area contributed by atoms with Gasteiger partial charge in [-0.1, -0.05) is 18.2 Å². The number of nitrogens with zero attached hydrogens (tertiary/aromatic N) is 1. The summed E-state index contributed by atoms with van der Waals surface area (Å²) in [7, 11) is 0. The van der Waals surface area contributed by atoms with Crippen LogP contribution in [0.5, 0.6) is 0 Å². The topological polar surface area (TPSA) is 118 Å². The highest BCUT2D eigenvalue weighted by Crippen LogP contribution is 2.16. The minimum absolute atomic E-state index is 0.133. The Morgan fingerprint density at radius 1 is 1.32 bits per heavy atom. The van der Waals surface area contributed by atoms with Gasteiger partial charge in [0.05, 0.1) is 12.1 Å². The summed E-state index contributed by atoms with van der Waals surface area (Å²) in [5.74, 6) is 4.25. The monoisotopic (exact) mass is 261 g/mol. The zero-order valence-corrected chi connectivity index (χ0v) is 9.79. The first-order valence-corrected chi connectivity index (χ1v) is 5.40. The molecular formula is C12H11N3O4. The number of nitrogen functional groups attached to an aromatic ring is 1. The van der Waals surface area contributed by atoms with Gasteiger partial charge in [-0.05, 0) is 17.2 Å². The van der Waals surface area contributed by atoms with Gasteiger partial charge in [0.1, 0.15) is 0 Å². The fraction of sp³-hybridized carbons (Fsp3) is 0.0833. The third kappa shape index (κ3) is 2.71. The first-order valence-electron chi connectivity index (χ1n) is 5.40. The molecule has 19 heavy (non-hydrogen) atoms. The summed E-state index contributed by atoms with van der Waals surface area (Å²) < 4.78 is 0.463. The molecule has 0 saturated carbocycles. The first kappa shape index (κ1) is 12.6. The van der Waals surface area contributed by atoms with Crippen LogP contribution in [0.3, 0.4) is 0 Å².